The van der Waals surface area contributed by atoms with Crippen molar-refractivity contribution < 1.29 is 0 Å². The Morgan fingerprint density at radius 1 is 1.00 bits per heavy atom. The van der Waals surface area contributed by atoms with Gasteiger partial charge in [-0.15, -0.1) is 0 Å². The molecule has 2 heteroatoms. The number of anilines is 1. The van der Waals surface area contributed by atoms with Gasteiger partial charge in [-0.3, -0.25) is 0 Å². The van der Waals surface area contributed by atoms with Gasteiger partial charge in [0.2, 0.25) is 0 Å². The van der Waals surface area contributed by atoms with Crippen molar-refractivity contribution in [3.8, 4) is 0 Å². The molecule has 2 rings (SSSR count). The third-order valence-corrected chi connectivity index (χ3v) is 4.06. The van der Waals surface area contributed by atoms with Crippen LogP contribution in [0.3, 0.4) is 0 Å². The summed E-state index contributed by atoms with van der Waals surface area (Å²) in [5.74, 6) is 0. The lowest BCUT2D eigenvalue weighted by Crippen LogP contribution is -2.18. The lowest BCUT2D eigenvalue weighted by molar-refractivity contribution is 0.908. The summed E-state index contributed by atoms with van der Waals surface area (Å²) in [5, 5.41) is 0.891. The number of rotatable bonds is 4. The molecule has 0 N–H and O–H groups in total. The Morgan fingerprint density at radius 3 is 2.42 bits per heavy atom. The van der Waals surface area contributed by atoms with Crippen molar-refractivity contribution in [3.05, 3.63) is 64.7 Å². The van der Waals surface area contributed by atoms with E-state index in [1.165, 1.54) is 27.9 Å². The first kappa shape index (κ1) is 14.1. The molecule has 2 aromatic carbocycles. The predicted molar refractivity (Wildman–Crippen MR) is 87.1 cm³/mol. The Hall–Kier alpha value is -1.28. The van der Waals surface area contributed by atoms with Crippen LogP contribution in [0, 0.1) is 13.8 Å². The zero-order chi connectivity index (χ0) is 13.8. The highest BCUT2D eigenvalue weighted by Crippen LogP contribution is 2.25. The molecule has 0 amide bonds. The molecule has 0 bridgehead atoms. The van der Waals surface area contributed by atoms with E-state index in [1.807, 2.05) is 0 Å². The number of aryl methyl sites for hydroxylation is 2. The van der Waals surface area contributed by atoms with Crippen LogP contribution in [-0.4, -0.2) is 7.05 Å². The third kappa shape index (κ3) is 3.38. The Balaban J connectivity index is 2.25. The lowest BCUT2D eigenvalue weighted by Gasteiger charge is -2.23. The molecule has 0 unspecified atom stereocenters. The first-order valence-corrected chi connectivity index (χ1v) is 7.65. The maximum Gasteiger partial charge on any atom is 0.0428 e. The van der Waals surface area contributed by atoms with Gasteiger partial charge < -0.3 is 4.90 Å². The first-order valence-electron chi connectivity index (χ1n) is 6.53. The first-order chi connectivity index (χ1) is 9.11. The largest absolute Gasteiger partial charge is 0.370 e. The molecule has 19 heavy (non-hydrogen) atoms. The molecule has 0 aliphatic carbocycles. The topological polar surface area (TPSA) is 3.24 Å². The Labute approximate surface area is 124 Å². The molecule has 0 spiro atoms. The van der Waals surface area contributed by atoms with E-state index in [-0.39, 0.29) is 0 Å². The smallest absolute Gasteiger partial charge is 0.0428 e. The average Bonchev–Trinajstić information content (AvgIpc) is 2.41. The quantitative estimate of drug-likeness (QED) is 0.730. The SMILES string of the molecule is Cc1ccc(N(C)Cc2ccccc2C)c(CBr)c1. The molecular weight excluding hydrogens is 298 g/mol. The van der Waals surface area contributed by atoms with Crippen molar-refractivity contribution in [2.75, 3.05) is 11.9 Å². The van der Waals surface area contributed by atoms with E-state index in [4.69, 9.17) is 0 Å². The highest BCUT2D eigenvalue weighted by Gasteiger charge is 2.08. The van der Waals surface area contributed by atoms with E-state index < -0.39 is 0 Å². The molecule has 0 aliphatic heterocycles. The zero-order valence-corrected chi connectivity index (χ0v) is 13.4. The van der Waals surface area contributed by atoms with E-state index in [0.717, 1.165) is 11.9 Å². The summed E-state index contributed by atoms with van der Waals surface area (Å²) in [7, 11) is 2.16. The fraction of sp³-hybridized carbons (Fsp3) is 0.294. The minimum Gasteiger partial charge on any atom is -0.370 e. The second-order valence-corrected chi connectivity index (χ2v) is 5.61. The van der Waals surface area contributed by atoms with Crippen LogP contribution in [0.5, 0.6) is 0 Å². The van der Waals surface area contributed by atoms with Crippen LogP contribution in [0.4, 0.5) is 5.69 Å². The maximum absolute atomic E-state index is 3.58. The summed E-state index contributed by atoms with van der Waals surface area (Å²) in [6.07, 6.45) is 0. The number of alkyl halides is 1. The molecule has 0 radical (unpaired) electrons. The molecule has 0 heterocycles. The minimum absolute atomic E-state index is 0.891. The molecular formula is C17H20BrN. The second kappa shape index (κ2) is 6.25. The standard InChI is InChI=1S/C17H20BrN/c1-13-8-9-17(16(10-13)11-18)19(3)12-15-7-5-4-6-14(15)2/h4-10H,11-12H2,1-3H3. The highest BCUT2D eigenvalue weighted by atomic mass is 79.9. The molecule has 0 atom stereocenters. The lowest BCUT2D eigenvalue weighted by atomic mass is 10.1. The molecule has 2 aromatic rings. The predicted octanol–water partition coefficient (Wildman–Crippen LogP) is 4.83. The van der Waals surface area contributed by atoms with Crippen LogP contribution < -0.4 is 4.90 Å². The summed E-state index contributed by atoms with van der Waals surface area (Å²) >= 11 is 3.58. The van der Waals surface area contributed by atoms with Crippen LogP contribution >= 0.6 is 15.9 Å². The second-order valence-electron chi connectivity index (χ2n) is 5.05. The van der Waals surface area contributed by atoms with Crippen molar-refractivity contribution in [3.63, 3.8) is 0 Å². The minimum atomic E-state index is 0.891. The Morgan fingerprint density at radius 2 is 1.74 bits per heavy atom. The molecule has 0 fully saturated rings. The Kier molecular flexibility index (Phi) is 4.65. The van der Waals surface area contributed by atoms with Crippen LogP contribution in [0.2, 0.25) is 0 Å². The fourth-order valence-corrected chi connectivity index (χ4v) is 2.77. The van der Waals surface area contributed by atoms with Crippen LogP contribution in [0.1, 0.15) is 22.3 Å². The number of hydrogen-bond donors (Lipinski definition) is 0. The summed E-state index contributed by atoms with van der Waals surface area (Å²) in [6, 6.07) is 15.2. The van der Waals surface area contributed by atoms with Gasteiger partial charge >= 0.3 is 0 Å². The number of hydrogen-bond acceptors (Lipinski definition) is 1. The Bertz CT molecular complexity index is 563. The van der Waals surface area contributed by atoms with Crippen LogP contribution in [0.25, 0.3) is 0 Å². The van der Waals surface area contributed by atoms with Crippen LogP contribution in [-0.2, 0) is 11.9 Å². The fourth-order valence-electron chi connectivity index (χ4n) is 2.32. The molecule has 1 nitrogen and oxygen atoms in total. The van der Waals surface area contributed by atoms with E-state index in [0.29, 0.717) is 0 Å². The van der Waals surface area contributed by atoms with Gasteiger partial charge in [-0.1, -0.05) is 57.9 Å². The molecule has 0 aliphatic rings. The van der Waals surface area contributed by atoms with Gasteiger partial charge in [-0.25, -0.2) is 0 Å². The summed E-state index contributed by atoms with van der Waals surface area (Å²) in [6.45, 7) is 5.25. The third-order valence-electron chi connectivity index (χ3n) is 3.46. The van der Waals surface area contributed by atoms with Gasteiger partial charge in [0, 0.05) is 24.6 Å². The van der Waals surface area contributed by atoms with Crippen molar-refractivity contribution in [2.24, 2.45) is 0 Å². The van der Waals surface area contributed by atoms with Gasteiger partial charge in [0.1, 0.15) is 0 Å². The van der Waals surface area contributed by atoms with E-state index >= 15 is 0 Å². The summed E-state index contributed by atoms with van der Waals surface area (Å²) < 4.78 is 0. The number of benzene rings is 2. The van der Waals surface area contributed by atoms with E-state index in [1.54, 1.807) is 0 Å². The maximum atomic E-state index is 3.58. The van der Waals surface area contributed by atoms with Gasteiger partial charge in [-0.05, 0) is 36.6 Å². The van der Waals surface area contributed by atoms with Crippen molar-refractivity contribution in [1.82, 2.24) is 0 Å². The molecule has 0 saturated carbocycles. The van der Waals surface area contributed by atoms with Gasteiger partial charge in [0.25, 0.3) is 0 Å². The monoisotopic (exact) mass is 317 g/mol. The van der Waals surface area contributed by atoms with E-state index in [9.17, 15) is 0 Å². The van der Waals surface area contributed by atoms with Crippen molar-refractivity contribution in [1.29, 1.82) is 0 Å². The summed E-state index contributed by atoms with van der Waals surface area (Å²) in [5.41, 5.74) is 6.68. The van der Waals surface area contributed by atoms with Gasteiger partial charge in [0.15, 0.2) is 0 Å². The van der Waals surface area contributed by atoms with Gasteiger partial charge in [-0.2, -0.15) is 0 Å². The summed E-state index contributed by atoms with van der Waals surface area (Å²) in [4.78, 5) is 2.32. The molecule has 100 valence electrons. The molecule has 0 saturated heterocycles. The van der Waals surface area contributed by atoms with Crippen molar-refractivity contribution in [2.45, 2.75) is 25.7 Å². The number of halogens is 1. The molecule has 0 aromatic heterocycles. The van der Waals surface area contributed by atoms with Crippen molar-refractivity contribution >= 4 is 21.6 Å². The van der Waals surface area contributed by atoms with Crippen LogP contribution in [0.15, 0.2) is 42.5 Å². The van der Waals surface area contributed by atoms with Gasteiger partial charge in [0.05, 0.1) is 0 Å². The average molecular weight is 318 g/mol. The zero-order valence-electron chi connectivity index (χ0n) is 11.8. The number of nitrogens with zero attached hydrogens (tertiary/aromatic N) is 1. The van der Waals surface area contributed by atoms with E-state index in [2.05, 4.69) is 84.2 Å². The highest BCUT2D eigenvalue weighted by molar-refractivity contribution is 9.08. The normalized spacial score (nSPS) is 10.5.